The summed E-state index contributed by atoms with van der Waals surface area (Å²) in [6.07, 6.45) is 7.28. The van der Waals surface area contributed by atoms with Crippen LogP contribution in [-0.2, 0) is 32.1 Å². The van der Waals surface area contributed by atoms with Crippen LogP contribution in [0.5, 0.6) is 0 Å². The third kappa shape index (κ3) is 10.4. The Kier molecular flexibility index (Phi) is 13.6. The van der Waals surface area contributed by atoms with Gasteiger partial charge in [0.15, 0.2) is 0 Å². The molecule has 60 heavy (non-hydrogen) atoms. The number of carbonyl (C=O) groups excluding carboxylic acids is 2. The zero-order valence-electron chi connectivity index (χ0n) is 33.7. The highest BCUT2D eigenvalue weighted by atomic mass is 35.5. The van der Waals surface area contributed by atoms with Crippen molar-refractivity contribution in [2.75, 3.05) is 62.4 Å². The van der Waals surface area contributed by atoms with Crippen molar-refractivity contribution < 1.29 is 23.8 Å². The van der Waals surface area contributed by atoms with Crippen LogP contribution in [0.3, 0.4) is 0 Å². The fourth-order valence-electron chi connectivity index (χ4n) is 7.05. The van der Waals surface area contributed by atoms with Crippen LogP contribution in [0.2, 0.25) is 20.1 Å². The molecule has 4 aromatic heterocycles. The van der Waals surface area contributed by atoms with Gasteiger partial charge in [0, 0.05) is 101 Å². The highest BCUT2D eigenvalue weighted by molar-refractivity contribution is 6.37. The Hall–Kier alpha value is -4.76. The molecular weight excluding hydrogens is 850 g/mol. The summed E-state index contributed by atoms with van der Waals surface area (Å²) in [6, 6.07) is 14.8. The number of ether oxygens (including phenoxy) is 3. The first-order valence-corrected chi connectivity index (χ1v) is 21.0. The second-order valence-electron chi connectivity index (χ2n) is 15.3. The number of nitrogens with zero attached hydrogens (tertiary/aromatic N) is 6. The number of alkyl carbamates (subject to hydrolysis) is 1. The van der Waals surface area contributed by atoms with E-state index in [1.54, 1.807) is 18.2 Å². The molecule has 2 saturated heterocycles. The van der Waals surface area contributed by atoms with E-state index in [1.807, 2.05) is 80.3 Å². The molecule has 2 fully saturated rings. The number of morpholine rings is 2. The summed E-state index contributed by atoms with van der Waals surface area (Å²) in [5.41, 5.74) is 6.30. The molecule has 17 heteroatoms. The fourth-order valence-corrected chi connectivity index (χ4v) is 8.07. The lowest BCUT2D eigenvalue weighted by Crippen LogP contribution is -2.36. The average Bonchev–Trinajstić information content (AvgIpc) is 3.83. The maximum atomic E-state index is 12.2. The van der Waals surface area contributed by atoms with E-state index in [9.17, 15) is 9.59 Å². The summed E-state index contributed by atoms with van der Waals surface area (Å²) < 4.78 is 20.4. The predicted molar refractivity (Wildman–Crippen MR) is 238 cm³/mol. The minimum absolute atomic E-state index is 0.0922. The minimum atomic E-state index is -0.577. The lowest BCUT2D eigenvalue weighted by Gasteiger charge is -2.28. The molecule has 2 N–H and O–H groups in total. The Morgan fingerprint density at radius 2 is 1.10 bits per heavy atom. The molecule has 0 aliphatic carbocycles. The van der Waals surface area contributed by atoms with Crippen molar-refractivity contribution in [2.45, 2.75) is 46.4 Å². The van der Waals surface area contributed by atoms with Gasteiger partial charge in [0.2, 0.25) is 5.91 Å². The molecule has 6 heterocycles. The third-order valence-electron chi connectivity index (χ3n) is 9.89. The van der Waals surface area contributed by atoms with Gasteiger partial charge in [-0.25, -0.2) is 14.8 Å². The predicted octanol–water partition coefficient (Wildman–Crippen LogP) is 8.95. The number of aromatic nitrogens is 4. The van der Waals surface area contributed by atoms with Gasteiger partial charge in [-0.2, -0.15) is 0 Å². The van der Waals surface area contributed by atoms with E-state index in [1.165, 1.54) is 6.92 Å². The fraction of sp³-hybridized carbons (Fsp3) is 0.349. The Bertz CT molecular complexity index is 2510. The van der Waals surface area contributed by atoms with Crippen LogP contribution < -0.4 is 20.4 Å². The Morgan fingerprint density at radius 3 is 1.50 bits per heavy atom. The van der Waals surface area contributed by atoms with E-state index in [4.69, 9.17) is 60.6 Å². The van der Waals surface area contributed by atoms with Crippen LogP contribution in [-0.4, -0.2) is 89.0 Å². The van der Waals surface area contributed by atoms with Crippen LogP contribution in [0.4, 0.5) is 16.4 Å². The number of nitrogens with one attached hydrogen (secondary N) is 2. The first-order valence-electron chi connectivity index (χ1n) is 19.5. The largest absolute Gasteiger partial charge is 0.444 e. The number of pyridine rings is 2. The van der Waals surface area contributed by atoms with Gasteiger partial charge in [0.25, 0.3) is 0 Å². The lowest BCUT2D eigenvalue weighted by atomic mass is 10.0. The number of anilines is 2. The molecule has 0 spiro atoms. The first kappa shape index (κ1) is 43.3. The molecule has 2 aromatic carbocycles. The summed E-state index contributed by atoms with van der Waals surface area (Å²) >= 11 is 25.2. The number of benzene rings is 2. The molecule has 2 amide bonds. The van der Waals surface area contributed by atoms with Crippen molar-refractivity contribution in [3.8, 4) is 22.3 Å². The second kappa shape index (κ2) is 18.9. The van der Waals surface area contributed by atoms with Gasteiger partial charge in [-0.3, -0.25) is 13.6 Å². The summed E-state index contributed by atoms with van der Waals surface area (Å²) in [7, 11) is 0. The summed E-state index contributed by atoms with van der Waals surface area (Å²) in [6.45, 7) is 13.6. The number of hydrogen-bond acceptors (Lipinski definition) is 9. The quantitative estimate of drug-likeness (QED) is 0.154. The van der Waals surface area contributed by atoms with Crippen molar-refractivity contribution >= 4 is 81.3 Å². The van der Waals surface area contributed by atoms with Crippen LogP contribution in [0.15, 0.2) is 73.3 Å². The van der Waals surface area contributed by atoms with E-state index >= 15 is 0 Å². The second-order valence-corrected chi connectivity index (χ2v) is 17.0. The molecule has 13 nitrogen and oxygen atoms in total. The molecule has 2 aliphatic rings. The highest BCUT2D eigenvalue weighted by Gasteiger charge is 2.22. The topological polar surface area (TPSA) is 127 Å². The third-order valence-corrected chi connectivity index (χ3v) is 11.0. The highest BCUT2D eigenvalue weighted by Crippen LogP contribution is 2.36. The molecule has 6 aromatic rings. The molecule has 316 valence electrons. The van der Waals surface area contributed by atoms with Crippen LogP contribution in [0.1, 0.15) is 38.8 Å². The number of amides is 2. The minimum Gasteiger partial charge on any atom is -0.444 e. The number of carbonyl (C=O) groups is 2. The smallest absolute Gasteiger partial charge is 0.407 e. The van der Waals surface area contributed by atoms with Crippen molar-refractivity contribution in [1.29, 1.82) is 0 Å². The molecule has 0 atom stereocenters. The first-order chi connectivity index (χ1) is 28.7. The molecule has 8 rings (SSSR count). The van der Waals surface area contributed by atoms with Crippen LogP contribution in [0, 0.1) is 0 Å². The Balaban J connectivity index is 0.000000183. The maximum Gasteiger partial charge on any atom is 0.407 e. The van der Waals surface area contributed by atoms with Crippen LogP contribution >= 0.6 is 46.4 Å². The number of hydrogen-bond donors (Lipinski definition) is 2. The molecule has 0 bridgehead atoms. The Morgan fingerprint density at radius 1 is 0.667 bits per heavy atom. The Labute approximate surface area is 368 Å². The van der Waals surface area contributed by atoms with E-state index in [-0.39, 0.29) is 12.5 Å². The molecule has 2 aliphatic heterocycles. The molecular formula is C43H46Cl4N8O5. The summed E-state index contributed by atoms with van der Waals surface area (Å²) in [5, 5.41) is 7.93. The summed E-state index contributed by atoms with van der Waals surface area (Å²) in [4.78, 5) is 37.4. The monoisotopic (exact) mass is 894 g/mol. The van der Waals surface area contributed by atoms with Crippen molar-refractivity contribution in [3.63, 3.8) is 0 Å². The zero-order valence-corrected chi connectivity index (χ0v) is 36.8. The van der Waals surface area contributed by atoms with Gasteiger partial charge in [-0.15, -0.1) is 0 Å². The number of fused-ring (bicyclic) bond motifs is 2. The zero-order chi connectivity index (χ0) is 42.6. The van der Waals surface area contributed by atoms with Crippen LogP contribution in [0.25, 0.3) is 33.5 Å². The van der Waals surface area contributed by atoms with Crippen molar-refractivity contribution in [1.82, 2.24) is 29.4 Å². The van der Waals surface area contributed by atoms with E-state index in [0.29, 0.717) is 53.1 Å². The molecule has 0 unspecified atom stereocenters. The van der Waals surface area contributed by atoms with Gasteiger partial charge in [-0.05, 0) is 68.3 Å². The van der Waals surface area contributed by atoms with Gasteiger partial charge >= 0.3 is 6.09 Å². The van der Waals surface area contributed by atoms with Gasteiger partial charge in [0.1, 0.15) is 28.5 Å². The number of imidazole rings is 2. The molecule has 0 saturated carbocycles. The lowest BCUT2D eigenvalue weighted by molar-refractivity contribution is -0.119. The van der Waals surface area contributed by atoms with Gasteiger partial charge in [-0.1, -0.05) is 58.5 Å². The van der Waals surface area contributed by atoms with E-state index < -0.39 is 11.7 Å². The average molecular weight is 897 g/mol. The summed E-state index contributed by atoms with van der Waals surface area (Å²) in [5.74, 6) is 1.90. The number of rotatable bonds is 8. The standard InChI is InChI=1S/C23H26Cl2N4O3.C20H20Cl2N4O2/c1-23(2,3)32-22(30)27-12-15-10-20-26-13-21(28-6-8-31-9-7-28)29(20)14-18(15)17-5-4-16(24)11-19(17)25;1-13(27)23-10-14-8-19-24-11-20(25-4-6-28-7-5-25)26(19)12-17(14)16-3-2-15(21)9-18(16)22/h4-5,10-11,13-14H,6-9,12H2,1-3H3,(H,27,30);2-3,8-9,11-12H,4-7,10H2,1H3,(H,23,27). The van der Waals surface area contributed by atoms with Crippen molar-refractivity contribution in [2.24, 2.45) is 0 Å². The van der Waals surface area contributed by atoms with Gasteiger partial charge < -0.3 is 34.6 Å². The van der Waals surface area contributed by atoms with Crippen molar-refractivity contribution in [3.05, 3.63) is 105 Å². The number of halogens is 4. The van der Waals surface area contributed by atoms with E-state index in [2.05, 4.69) is 34.8 Å². The van der Waals surface area contributed by atoms with Gasteiger partial charge in [0.05, 0.1) is 38.8 Å². The SMILES string of the molecule is CC(=O)NCc1cc2ncc(N3CCOCC3)n2cc1-c1ccc(Cl)cc1Cl.CC(C)(C)OC(=O)NCc1cc2ncc(N3CCOCC3)n2cc1-c1ccc(Cl)cc1Cl. The maximum absolute atomic E-state index is 12.2. The van der Waals surface area contributed by atoms with E-state index in [0.717, 1.165) is 82.5 Å². The molecule has 0 radical (unpaired) electrons. The normalized spacial score (nSPS) is 14.5.